The molecular weight excluding hydrogens is 689 g/mol. The van der Waals surface area contributed by atoms with E-state index in [2.05, 4.69) is 48.2 Å². The number of hydrogen-bond acceptors (Lipinski definition) is 9. The van der Waals surface area contributed by atoms with Crippen LogP contribution in [0.2, 0.25) is 0 Å². The van der Waals surface area contributed by atoms with Crippen LogP contribution in [0.25, 0.3) is 0 Å². The number of piperidine rings is 1. The summed E-state index contributed by atoms with van der Waals surface area (Å²) >= 11 is 2.07. The molecule has 1 aromatic carbocycles. The molecule has 0 saturated carbocycles. The van der Waals surface area contributed by atoms with Gasteiger partial charge in [0.25, 0.3) is 10.0 Å². The number of likely N-dealkylation sites (tertiary alicyclic amines) is 1. The van der Waals surface area contributed by atoms with Crippen LogP contribution in [-0.2, 0) is 19.2 Å². The number of amides is 2. The normalized spacial score (nSPS) is 17.0. The standard InChI is InChI=1S/C27H30IN9O5S/c28-14-19-23(29)33-24(30)22(32-19)25(40)34-26-31-16-27(35-26)9-12-36(13-10-27)21(39)7-6-20(38)17-8-11-37(15-17)43(41,42)18-4-2-1-3-5-18/h1-5,8,11,15H,6-7,9-10,12-14,16H2,(H4,29,30,33)(H2,31,34,35,40). The van der Waals surface area contributed by atoms with Crippen LogP contribution in [0, 0.1) is 0 Å². The van der Waals surface area contributed by atoms with Gasteiger partial charge >= 0.3 is 5.91 Å². The number of alkyl halides is 1. The van der Waals surface area contributed by atoms with Crippen LogP contribution >= 0.6 is 22.6 Å². The Bertz CT molecular complexity index is 1700. The van der Waals surface area contributed by atoms with E-state index in [9.17, 15) is 22.8 Å². The van der Waals surface area contributed by atoms with Crippen molar-refractivity contribution in [1.82, 2.24) is 29.5 Å². The van der Waals surface area contributed by atoms with E-state index in [1.54, 1.807) is 23.1 Å². The van der Waals surface area contributed by atoms with Crippen molar-refractivity contribution in [3.63, 3.8) is 0 Å². The summed E-state index contributed by atoms with van der Waals surface area (Å²) in [6.45, 7) is 1.44. The number of halogens is 1. The van der Waals surface area contributed by atoms with Gasteiger partial charge in [-0.1, -0.05) is 40.8 Å². The van der Waals surface area contributed by atoms with Gasteiger partial charge in [-0.05, 0) is 31.0 Å². The number of benzene rings is 1. The van der Waals surface area contributed by atoms with Gasteiger partial charge in [-0.25, -0.2) is 22.4 Å². The summed E-state index contributed by atoms with van der Waals surface area (Å²) in [7, 11) is -3.81. The molecule has 14 nitrogen and oxygen atoms in total. The maximum Gasteiger partial charge on any atom is 0.302 e. The number of nitrogens with one attached hydrogen (secondary N) is 2. The molecule has 0 atom stereocenters. The molecule has 2 aliphatic heterocycles. The first kappa shape index (κ1) is 30.4. The maximum absolute atomic E-state index is 12.9. The van der Waals surface area contributed by atoms with Crippen molar-refractivity contribution in [1.29, 1.82) is 0 Å². The monoisotopic (exact) mass is 719 g/mol. The zero-order valence-corrected chi connectivity index (χ0v) is 26.0. The Morgan fingerprint density at radius 3 is 2.44 bits per heavy atom. The Morgan fingerprint density at radius 1 is 1.02 bits per heavy atom. The van der Waals surface area contributed by atoms with Crippen molar-refractivity contribution >= 4 is 67.8 Å². The summed E-state index contributed by atoms with van der Waals surface area (Å²) in [5, 5.41) is 6.40. The Hall–Kier alpha value is -4.06. The van der Waals surface area contributed by atoms with Gasteiger partial charge in [0.15, 0.2) is 23.3 Å². The number of aromatic nitrogens is 3. The second kappa shape index (κ2) is 12.3. The number of rotatable bonds is 8. The summed E-state index contributed by atoms with van der Waals surface area (Å²) in [4.78, 5) is 52.5. The van der Waals surface area contributed by atoms with Gasteiger partial charge in [-0.15, -0.1) is 0 Å². The fraction of sp³-hybridized carbons (Fsp3) is 0.333. The van der Waals surface area contributed by atoms with E-state index in [0.717, 1.165) is 3.97 Å². The summed E-state index contributed by atoms with van der Waals surface area (Å²) in [6.07, 6.45) is 3.80. The number of hydrogen-bond donors (Lipinski definition) is 4. The number of aliphatic imine (C=N–C) groups is 1. The van der Waals surface area contributed by atoms with Gasteiger partial charge in [-0.3, -0.25) is 14.4 Å². The van der Waals surface area contributed by atoms with Crippen molar-refractivity contribution in [2.24, 2.45) is 4.99 Å². The van der Waals surface area contributed by atoms with Crippen LogP contribution in [0.4, 0.5) is 11.6 Å². The minimum Gasteiger partial charge on any atom is -0.382 e. The van der Waals surface area contributed by atoms with Gasteiger partial charge in [0.05, 0.1) is 16.1 Å². The van der Waals surface area contributed by atoms with Gasteiger partial charge in [0.2, 0.25) is 5.91 Å². The average Bonchev–Trinajstić information content (AvgIpc) is 3.65. The quantitative estimate of drug-likeness (QED) is 0.148. The number of nitrogen functional groups attached to an aromatic ring is 2. The van der Waals surface area contributed by atoms with Crippen molar-refractivity contribution in [3.05, 3.63) is 65.7 Å². The average molecular weight is 720 g/mol. The molecule has 5 rings (SSSR count). The van der Waals surface area contributed by atoms with E-state index in [0.29, 0.717) is 48.6 Å². The molecule has 0 bridgehead atoms. The summed E-state index contributed by atoms with van der Waals surface area (Å²) in [5.74, 6) is -0.732. The number of Topliss-reactive ketones (excluding diaryl/α,β-unsaturated/α-hetero) is 1. The first-order valence-corrected chi connectivity index (χ1v) is 16.4. The van der Waals surface area contributed by atoms with Gasteiger partial charge in [-0.2, -0.15) is 4.99 Å². The molecule has 3 aromatic rings. The second-order valence-electron chi connectivity index (χ2n) is 10.3. The lowest BCUT2D eigenvalue weighted by atomic mass is 9.88. The van der Waals surface area contributed by atoms with Gasteiger partial charge in [0, 0.05) is 54.9 Å². The predicted molar refractivity (Wildman–Crippen MR) is 167 cm³/mol. The number of carbonyl (C=O) groups excluding carboxylic acids is 3. The van der Waals surface area contributed by atoms with Crippen LogP contribution in [0.5, 0.6) is 0 Å². The largest absolute Gasteiger partial charge is 0.382 e. The smallest absolute Gasteiger partial charge is 0.302 e. The molecule has 0 unspecified atom stereocenters. The molecule has 1 spiro atoms. The minimum absolute atomic E-state index is 0.0125. The highest BCUT2D eigenvalue weighted by molar-refractivity contribution is 14.1. The third-order valence-corrected chi connectivity index (χ3v) is 9.87. The van der Waals surface area contributed by atoms with Gasteiger partial charge < -0.3 is 27.0 Å². The Morgan fingerprint density at radius 2 is 1.74 bits per heavy atom. The Balaban J connectivity index is 1.12. The maximum atomic E-state index is 12.9. The van der Waals surface area contributed by atoms with Crippen LogP contribution in [0.1, 0.15) is 52.2 Å². The molecule has 0 radical (unpaired) electrons. The van der Waals surface area contributed by atoms with E-state index in [4.69, 9.17) is 11.5 Å². The third kappa shape index (κ3) is 6.48. The number of nitrogens with zero attached hydrogens (tertiary/aromatic N) is 5. The fourth-order valence-electron chi connectivity index (χ4n) is 4.98. The number of ketones is 1. The zero-order valence-electron chi connectivity index (χ0n) is 23.0. The molecular formula is C27H30IN9O5S. The number of nitrogens with two attached hydrogens (primary N) is 2. The minimum atomic E-state index is -3.81. The van der Waals surface area contributed by atoms with E-state index in [-0.39, 0.29) is 57.9 Å². The highest BCUT2D eigenvalue weighted by Gasteiger charge is 2.40. The summed E-state index contributed by atoms with van der Waals surface area (Å²) < 4.78 is 27.0. The SMILES string of the molecule is Nc1nc(N)c(C(=O)/N=C2\NCC3(CCN(C(=O)CCC(=O)c4ccn(S(=O)(=O)c5ccccc5)c4)CC3)N2)nc1CI. The topological polar surface area (TPSA) is 208 Å². The Kier molecular flexibility index (Phi) is 8.68. The molecule has 6 N–H and O–H groups in total. The molecule has 16 heteroatoms. The molecule has 2 fully saturated rings. The van der Waals surface area contributed by atoms with Crippen LogP contribution < -0.4 is 22.1 Å². The molecule has 43 heavy (non-hydrogen) atoms. The van der Waals surface area contributed by atoms with Gasteiger partial charge in [0.1, 0.15) is 5.82 Å². The van der Waals surface area contributed by atoms with Crippen molar-refractivity contribution in [3.8, 4) is 0 Å². The summed E-state index contributed by atoms with van der Waals surface area (Å²) in [5.41, 5.74) is 11.9. The first-order valence-electron chi connectivity index (χ1n) is 13.4. The summed E-state index contributed by atoms with van der Waals surface area (Å²) in [6, 6.07) is 9.38. The van der Waals surface area contributed by atoms with Crippen molar-refractivity contribution in [2.75, 3.05) is 31.1 Å². The second-order valence-corrected chi connectivity index (χ2v) is 12.9. The lowest BCUT2D eigenvalue weighted by molar-refractivity contribution is -0.132. The van der Waals surface area contributed by atoms with Crippen LogP contribution in [0.15, 0.2) is 58.7 Å². The lowest BCUT2D eigenvalue weighted by Crippen LogP contribution is -2.53. The zero-order chi connectivity index (χ0) is 30.8. The van der Waals surface area contributed by atoms with Crippen molar-refractivity contribution < 1.29 is 22.8 Å². The molecule has 4 heterocycles. The Labute approximate surface area is 261 Å². The number of anilines is 2. The molecule has 226 valence electrons. The molecule has 2 aromatic heterocycles. The van der Waals surface area contributed by atoms with Crippen LogP contribution in [-0.4, -0.2) is 76.0 Å². The molecule has 2 amide bonds. The fourth-order valence-corrected chi connectivity index (χ4v) is 6.76. The van der Waals surface area contributed by atoms with E-state index < -0.39 is 15.9 Å². The molecule has 0 aliphatic carbocycles. The van der Waals surface area contributed by atoms with E-state index >= 15 is 0 Å². The van der Waals surface area contributed by atoms with E-state index in [1.807, 2.05) is 0 Å². The highest BCUT2D eigenvalue weighted by atomic mass is 127. The number of guanidine groups is 1. The van der Waals surface area contributed by atoms with Crippen molar-refractivity contribution in [2.45, 2.75) is 40.5 Å². The number of carbonyl (C=O) groups is 3. The molecule has 2 saturated heterocycles. The first-order chi connectivity index (χ1) is 20.5. The predicted octanol–water partition coefficient (Wildman–Crippen LogP) is 1.33. The third-order valence-electron chi connectivity index (χ3n) is 7.49. The van der Waals surface area contributed by atoms with E-state index in [1.165, 1.54) is 30.6 Å². The lowest BCUT2D eigenvalue weighted by Gasteiger charge is -2.38. The molecule has 2 aliphatic rings. The highest BCUT2D eigenvalue weighted by Crippen LogP contribution is 2.26. The van der Waals surface area contributed by atoms with Crippen LogP contribution in [0.3, 0.4) is 0 Å².